The topological polar surface area (TPSA) is 62.2 Å². The molecule has 0 saturated carbocycles. The standard InChI is InChI=1S/C16H23N5S/c1-4-17-16(18-9-8-15-11-22-13(3)21-15)19-10-14-7-5-6-12(2)20-14/h5-7,11H,4,8-10H2,1-3H3,(H2,17,18,19). The molecule has 2 N–H and O–H groups in total. The lowest BCUT2D eigenvalue weighted by Crippen LogP contribution is -2.38. The second-order valence-electron chi connectivity index (χ2n) is 5.00. The maximum atomic E-state index is 4.58. The molecule has 0 aliphatic rings. The average molecular weight is 317 g/mol. The van der Waals surface area contributed by atoms with Crippen molar-refractivity contribution in [3.63, 3.8) is 0 Å². The van der Waals surface area contributed by atoms with E-state index in [2.05, 4.69) is 37.9 Å². The van der Waals surface area contributed by atoms with Gasteiger partial charge in [-0.25, -0.2) is 9.98 Å². The quantitative estimate of drug-likeness (QED) is 0.634. The Morgan fingerprint density at radius 1 is 1.18 bits per heavy atom. The average Bonchev–Trinajstić information content (AvgIpc) is 2.90. The van der Waals surface area contributed by atoms with Gasteiger partial charge in [0.15, 0.2) is 5.96 Å². The van der Waals surface area contributed by atoms with Crippen molar-refractivity contribution >= 4 is 17.3 Å². The number of pyridine rings is 1. The van der Waals surface area contributed by atoms with Gasteiger partial charge in [0.1, 0.15) is 0 Å². The third kappa shape index (κ3) is 5.44. The molecule has 0 atom stereocenters. The maximum Gasteiger partial charge on any atom is 0.191 e. The minimum absolute atomic E-state index is 0.576. The van der Waals surface area contributed by atoms with E-state index in [-0.39, 0.29) is 0 Å². The second-order valence-corrected chi connectivity index (χ2v) is 6.06. The monoisotopic (exact) mass is 317 g/mol. The molecular formula is C16H23N5S. The van der Waals surface area contributed by atoms with Crippen molar-refractivity contribution in [3.8, 4) is 0 Å². The van der Waals surface area contributed by atoms with Crippen LogP contribution in [0, 0.1) is 13.8 Å². The fourth-order valence-electron chi connectivity index (χ4n) is 2.02. The van der Waals surface area contributed by atoms with Crippen LogP contribution in [-0.2, 0) is 13.0 Å². The predicted molar refractivity (Wildman–Crippen MR) is 92.3 cm³/mol. The molecule has 2 heterocycles. The lowest BCUT2D eigenvalue weighted by Gasteiger charge is -2.10. The van der Waals surface area contributed by atoms with Crippen LogP contribution >= 0.6 is 11.3 Å². The Morgan fingerprint density at radius 2 is 2.05 bits per heavy atom. The highest BCUT2D eigenvalue weighted by atomic mass is 32.1. The zero-order valence-corrected chi connectivity index (χ0v) is 14.2. The normalized spacial score (nSPS) is 11.5. The lowest BCUT2D eigenvalue weighted by atomic mass is 10.3. The molecular weight excluding hydrogens is 294 g/mol. The van der Waals surface area contributed by atoms with Gasteiger partial charge in [0, 0.05) is 30.6 Å². The number of aliphatic imine (C=N–C) groups is 1. The number of hydrogen-bond donors (Lipinski definition) is 2. The summed E-state index contributed by atoms with van der Waals surface area (Å²) in [6.45, 7) is 8.31. The summed E-state index contributed by atoms with van der Waals surface area (Å²) in [4.78, 5) is 13.5. The molecule has 118 valence electrons. The Morgan fingerprint density at radius 3 is 2.73 bits per heavy atom. The van der Waals surface area contributed by atoms with Crippen LogP contribution < -0.4 is 10.6 Å². The van der Waals surface area contributed by atoms with Gasteiger partial charge in [-0.1, -0.05) is 6.07 Å². The zero-order valence-electron chi connectivity index (χ0n) is 13.4. The molecule has 0 unspecified atom stereocenters. The Balaban J connectivity index is 1.86. The first kappa shape index (κ1) is 16.4. The smallest absolute Gasteiger partial charge is 0.191 e. The molecule has 2 rings (SSSR count). The molecule has 2 aromatic rings. The van der Waals surface area contributed by atoms with Gasteiger partial charge < -0.3 is 10.6 Å². The van der Waals surface area contributed by atoms with E-state index in [0.717, 1.165) is 47.6 Å². The molecule has 0 aromatic carbocycles. The molecule has 0 aliphatic carbocycles. The fraction of sp³-hybridized carbons (Fsp3) is 0.438. The minimum atomic E-state index is 0.576. The summed E-state index contributed by atoms with van der Waals surface area (Å²) in [7, 11) is 0. The summed E-state index contributed by atoms with van der Waals surface area (Å²) in [5.41, 5.74) is 3.13. The largest absolute Gasteiger partial charge is 0.357 e. The Bertz CT molecular complexity index is 621. The van der Waals surface area contributed by atoms with Gasteiger partial charge in [0.2, 0.25) is 0 Å². The summed E-state index contributed by atoms with van der Waals surface area (Å²) < 4.78 is 0. The number of guanidine groups is 1. The number of hydrogen-bond acceptors (Lipinski definition) is 4. The zero-order chi connectivity index (χ0) is 15.8. The van der Waals surface area contributed by atoms with Gasteiger partial charge in [-0.2, -0.15) is 0 Å². The van der Waals surface area contributed by atoms with E-state index in [1.165, 1.54) is 0 Å². The number of aryl methyl sites for hydroxylation is 2. The van der Waals surface area contributed by atoms with Crippen LogP contribution in [0.15, 0.2) is 28.6 Å². The number of rotatable bonds is 6. The van der Waals surface area contributed by atoms with Gasteiger partial charge >= 0.3 is 0 Å². The van der Waals surface area contributed by atoms with Crippen LogP contribution in [0.3, 0.4) is 0 Å². The molecule has 0 bridgehead atoms. The van der Waals surface area contributed by atoms with E-state index in [0.29, 0.717) is 6.54 Å². The van der Waals surface area contributed by atoms with Gasteiger partial charge in [0.05, 0.1) is 22.9 Å². The summed E-state index contributed by atoms with van der Waals surface area (Å²) in [5.74, 6) is 0.817. The summed E-state index contributed by atoms with van der Waals surface area (Å²) in [6.07, 6.45) is 0.900. The molecule has 0 radical (unpaired) electrons. The lowest BCUT2D eigenvalue weighted by molar-refractivity contribution is 0.787. The second kappa shape index (κ2) is 8.48. The van der Waals surface area contributed by atoms with Crippen LogP contribution in [-0.4, -0.2) is 29.0 Å². The molecule has 0 fully saturated rings. The first-order valence-corrected chi connectivity index (χ1v) is 8.41. The molecule has 6 heteroatoms. The highest BCUT2D eigenvalue weighted by Crippen LogP contribution is 2.07. The molecule has 0 aliphatic heterocycles. The first-order chi connectivity index (χ1) is 10.7. The number of thiazole rings is 1. The maximum absolute atomic E-state index is 4.58. The predicted octanol–water partition coefficient (Wildman–Crippen LogP) is 2.45. The van der Waals surface area contributed by atoms with Crippen LogP contribution in [0.5, 0.6) is 0 Å². The summed E-state index contributed by atoms with van der Waals surface area (Å²) in [5, 5.41) is 9.81. The molecule has 0 spiro atoms. The third-order valence-corrected chi connectivity index (χ3v) is 3.85. The first-order valence-electron chi connectivity index (χ1n) is 7.53. The highest BCUT2D eigenvalue weighted by Gasteiger charge is 2.01. The molecule has 2 aromatic heterocycles. The third-order valence-electron chi connectivity index (χ3n) is 3.03. The number of aromatic nitrogens is 2. The van der Waals surface area contributed by atoms with Crippen molar-refractivity contribution < 1.29 is 0 Å². The van der Waals surface area contributed by atoms with Crippen molar-refractivity contribution in [2.24, 2.45) is 4.99 Å². The summed E-state index contributed by atoms with van der Waals surface area (Å²) >= 11 is 1.69. The summed E-state index contributed by atoms with van der Waals surface area (Å²) in [6, 6.07) is 6.00. The Hall–Kier alpha value is -1.95. The Kier molecular flexibility index (Phi) is 6.33. The van der Waals surface area contributed by atoms with E-state index in [1.54, 1.807) is 11.3 Å². The molecule has 5 nitrogen and oxygen atoms in total. The molecule has 22 heavy (non-hydrogen) atoms. The van der Waals surface area contributed by atoms with Gasteiger partial charge in [-0.05, 0) is 32.9 Å². The van der Waals surface area contributed by atoms with Gasteiger partial charge in [0.25, 0.3) is 0 Å². The van der Waals surface area contributed by atoms with E-state index < -0.39 is 0 Å². The molecule has 0 amide bonds. The fourth-order valence-corrected chi connectivity index (χ4v) is 2.67. The van der Waals surface area contributed by atoms with Crippen molar-refractivity contribution in [1.29, 1.82) is 0 Å². The number of nitrogens with zero attached hydrogens (tertiary/aromatic N) is 3. The van der Waals surface area contributed by atoms with Crippen LogP contribution in [0.4, 0.5) is 0 Å². The Labute approximate surface area is 135 Å². The number of nitrogens with one attached hydrogen (secondary N) is 2. The minimum Gasteiger partial charge on any atom is -0.357 e. The van der Waals surface area contributed by atoms with Crippen LogP contribution in [0.1, 0.15) is 29.0 Å². The van der Waals surface area contributed by atoms with Crippen LogP contribution in [0.2, 0.25) is 0 Å². The van der Waals surface area contributed by atoms with Crippen LogP contribution in [0.25, 0.3) is 0 Å². The SMILES string of the molecule is CCNC(=NCc1cccc(C)n1)NCCc1csc(C)n1. The van der Waals surface area contributed by atoms with E-state index in [1.807, 2.05) is 32.0 Å². The van der Waals surface area contributed by atoms with Crippen molar-refractivity contribution in [2.75, 3.05) is 13.1 Å². The van der Waals surface area contributed by atoms with E-state index in [4.69, 9.17) is 0 Å². The molecule has 0 saturated heterocycles. The van der Waals surface area contributed by atoms with Crippen molar-refractivity contribution in [2.45, 2.75) is 33.7 Å². The highest BCUT2D eigenvalue weighted by molar-refractivity contribution is 7.09. The van der Waals surface area contributed by atoms with Crippen molar-refractivity contribution in [1.82, 2.24) is 20.6 Å². The van der Waals surface area contributed by atoms with E-state index in [9.17, 15) is 0 Å². The van der Waals surface area contributed by atoms with Gasteiger partial charge in [-0.15, -0.1) is 11.3 Å². The van der Waals surface area contributed by atoms with Crippen molar-refractivity contribution in [3.05, 3.63) is 45.7 Å². The van der Waals surface area contributed by atoms with Gasteiger partial charge in [-0.3, -0.25) is 4.98 Å². The van der Waals surface area contributed by atoms with E-state index >= 15 is 0 Å².